The molecule has 0 saturated heterocycles. The summed E-state index contributed by atoms with van der Waals surface area (Å²) in [5.41, 5.74) is 0. The zero-order valence-electron chi connectivity index (χ0n) is 9.30. The van der Waals surface area contributed by atoms with Crippen molar-refractivity contribution in [3.63, 3.8) is 0 Å². The van der Waals surface area contributed by atoms with Crippen LogP contribution in [0.25, 0.3) is 0 Å². The van der Waals surface area contributed by atoms with Gasteiger partial charge in [-0.05, 0) is 13.3 Å². The fourth-order valence-electron chi connectivity index (χ4n) is 1.38. The molecule has 0 radical (unpaired) electrons. The van der Waals surface area contributed by atoms with Gasteiger partial charge in [-0.3, -0.25) is 4.57 Å². The molecule has 1 atom stereocenters. The highest BCUT2D eigenvalue weighted by Crippen LogP contribution is 2.47. The summed E-state index contributed by atoms with van der Waals surface area (Å²) >= 11 is 5.61. The zero-order chi connectivity index (χ0) is 10.9. The summed E-state index contributed by atoms with van der Waals surface area (Å²) in [4.78, 5) is 0. The molecular formula is C10H22ClO2P. The third-order valence-corrected chi connectivity index (χ3v) is 5.23. The molecule has 0 aromatic rings. The van der Waals surface area contributed by atoms with Gasteiger partial charge in [-0.15, -0.1) is 11.6 Å². The largest absolute Gasteiger partial charge is 0.329 e. The Balaban J connectivity index is 3.78. The lowest BCUT2D eigenvalue weighted by molar-refractivity contribution is 0.333. The van der Waals surface area contributed by atoms with Crippen LogP contribution < -0.4 is 0 Å². The molecule has 4 heteroatoms. The second-order valence-corrected chi connectivity index (χ2v) is 6.59. The number of unbranched alkanes of at least 4 members (excludes halogenated alkanes) is 3. The fraction of sp³-hybridized carbons (Fsp3) is 1.00. The third kappa shape index (κ3) is 6.86. The van der Waals surface area contributed by atoms with E-state index < -0.39 is 7.37 Å². The molecule has 0 rings (SSSR count). The summed E-state index contributed by atoms with van der Waals surface area (Å²) in [6.45, 7) is 4.58. The first kappa shape index (κ1) is 14.5. The average Bonchev–Trinajstić information content (AvgIpc) is 2.13. The monoisotopic (exact) mass is 240 g/mol. The molecule has 0 saturated carbocycles. The molecule has 0 aliphatic rings. The Bertz CT molecular complexity index is 164. The Hall–Kier alpha value is 0.480. The molecule has 0 aliphatic carbocycles. The van der Waals surface area contributed by atoms with Crippen molar-refractivity contribution in [2.75, 3.05) is 24.8 Å². The minimum atomic E-state index is -2.39. The summed E-state index contributed by atoms with van der Waals surface area (Å²) < 4.78 is 17.4. The molecule has 0 spiro atoms. The van der Waals surface area contributed by atoms with Gasteiger partial charge in [0.25, 0.3) is 0 Å². The number of hydrogen-bond donors (Lipinski definition) is 0. The number of hydrogen-bond acceptors (Lipinski definition) is 2. The molecule has 1 unspecified atom stereocenters. The predicted octanol–water partition coefficient (Wildman–Crippen LogP) is 4.12. The normalized spacial score (nSPS) is 15.4. The van der Waals surface area contributed by atoms with Crippen LogP contribution in [0.1, 0.15) is 39.5 Å². The van der Waals surface area contributed by atoms with E-state index in [2.05, 4.69) is 6.92 Å². The van der Waals surface area contributed by atoms with E-state index in [1.807, 2.05) is 6.92 Å². The summed E-state index contributed by atoms with van der Waals surface area (Å²) in [5.74, 6) is 0.436. The van der Waals surface area contributed by atoms with Gasteiger partial charge in [-0.1, -0.05) is 26.2 Å². The van der Waals surface area contributed by atoms with E-state index in [0.717, 1.165) is 12.8 Å². The van der Waals surface area contributed by atoms with Gasteiger partial charge in [0, 0.05) is 18.2 Å². The smallest absolute Gasteiger partial charge is 0.204 e. The Labute approximate surface area is 92.8 Å². The molecule has 0 fully saturated rings. The third-order valence-electron chi connectivity index (χ3n) is 2.14. The summed E-state index contributed by atoms with van der Waals surface area (Å²) in [7, 11) is -2.39. The molecule has 0 aromatic heterocycles. The Morgan fingerprint density at radius 2 is 1.86 bits per heavy atom. The van der Waals surface area contributed by atoms with E-state index in [9.17, 15) is 4.57 Å². The summed E-state index contributed by atoms with van der Waals surface area (Å²) in [5, 5.41) is 0. The van der Waals surface area contributed by atoms with Crippen LogP contribution in [-0.4, -0.2) is 24.8 Å². The second kappa shape index (κ2) is 8.76. The SMILES string of the molecule is CCCCCCP(=O)(CCCl)OCC. The van der Waals surface area contributed by atoms with Crippen LogP contribution in [0.2, 0.25) is 0 Å². The minimum absolute atomic E-state index is 0.436. The van der Waals surface area contributed by atoms with E-state index in [0.29, 0.717) is 24.8 Å². The van der Waals surface area contributed by atoms with Gasteiger partial charge in [-0.2, -0.15) is 0 Å². The number of halogens is 1. The van der Waals surface area contributed by atoms with Crippen molar-refractivity contribution in [2.24, 2.45) is 0 Å². The molecule has 0 bridgehead atoms. The fourth-order valence-corrected chi connectivity index (χ4v) is 4.07. The van der Waals surface area contributed by atoms with Gasteiger partial charge in [0.05, 0.1) is 6.61 Å². The standard InChI is InChI=1S/C10H22ClO2P/c1-3-5-6-7-9-14(12,10-8-11)13-4-2/h3-10H2,1-2H3. The van der Waals surface area contributed by atoms with E-state index in [-0.39, 0.29) is 0 Å². The maximum Gasteiger partial charge on any atom is 0.204 e. The van der Waals surface area contributed by atoms with Crippen LogP contribution in [0.15, 0.2) is 0 Å². The van der Waals surface area contributed by atoms with Gasteiger partial charge in [-0.25, -0.2) is 0 Å². The van der Waals surface area contributed by atoms with Crippen LogP contribution in [0.4, 0.5) is 0 Å². The highest BCUT2D eigenvalue weighted by Gasteiger charge is 2.20. The van der Waals surface area contributed by atoms with Gasteiger partial charge >= 0.3 is 0 Å². The Morgan fingerprint density at radius 1 is 1.14 bits per heavy atom. The van der Waals surface area contributed by atoms with Crippen LogP contribution in [0, 0.1) is 0 Å². The first-order valence-electron chi connectivity index (χ1n) is 5.47. The van der Waals surface area contributed by atoms with Crippen LogP contribution >= 0.6 is 19.0 Å². The molecule has 86 valence electrons. The van der Waals surface area contributed by atoms with E-state index in [4.69, 9.17) is 16.1 Å². The molecule has 0 N–H and O–H groups in total. The highest BCUT2D eigenvalue weighted by molar-refractivity contribution is 7.59. The lowest BCUT2D eigenvalue weighted by Crippen LogP contribution is -2.01. The van der Waals surface area contributed by atoms with Crippen LogP contribution in [0.5, 0.6) is 0 Å². The maximum atomic E-state index is 12.1. The molecule has 0 aliphatic heterocycles. The van der Waals surface area contributed by atoms with Gasteiger partial charge < -0.3 is 4.52 Å². The minimum Gasteiger partial charge on any atom is -0.329 e. The van der Waals surface area contributed by atoms with Crippen molar-refractivity contribution in [1.82, 2.24) is 0 Å². The lowest BCUT2D eigenvalue weighted by atomic mass is 10.2. The van der Waals surface area contributed by atoms with Gasteiger partial charge in [0.15, 0.2) is 0 Å². The van der Waals surface area contributed by atoms with Gasteiger partial charge in [0.1, 0.15) is 0 Å². The van der Waals surface area contributed by atoms with Crippen molar-refractivity contribution < 1.29 is 9.09 Å². The van der Waals surface area contributed by atoms with Crippen molar-refractivity contribution in [1.29, 1.82) is 0 Å². The van der Waals surface area contributed by atoms with E-state index in [1.165, 1.54) is 12.8 Å². The molecule has 0 aromatic carbocycles. The topological polar surface area (TPSA) is 26.3 Å². The lowest BCUT2D eigenvalue weighted by Gasteiger charge is -2.16. The molecule has 2 nitrogen and oxygen atoms in total. The first-order chi connectivity index (χ1) is 6.68. The number of rotatable bonds is 9. The molecule has 14 heavy (non-hydrogen) atoms. The summed E-state index contributed by atoms with van der Waals surface area (Å²) in [6, 6.07) is 0. The quantitative estimate of drug-likeness (QED) is 0.344. The molecular weight excluding hydrogens is 219 g/mol. The van der Waals surface area contributed by atoms with Crippen molar-refractivity contribution in [3.05, 3.63) is 0 Å². The molecule has 0 heterocycles. The maximum absolute atomic E-state index is 12.1. The average molecular weight is 241 g/mol. The first-order valence-corrected chi connectivity index (χ1v) is 8.00. The Kier molecular flexibility index (Phi) is 9.06. The van der Waals surface area contributed by atoms with E-state index in [1.54, 1.807) is 0 Å². The number of alkyl halides is 1. The van der Waals surface area contributed by atoms with Gasteiger partial charge in [0.2, 0.25) is 7.37 Å². The Morgan fingerprint density at radius 3 is 2.36 bits per heavy atom. The van der Waals surface area contributed by atoms with E-state index >= 15 is 0 Å². The zero-order valence-corrected chi connectivity index (χ0v) is 10.9. The second-order valence-electron chi connectivity index (χ2n) is 3.43. The van der Waals surface area contributed by atoms with Crippen LogP contribution in [-0.2, 0) is 9.09 Å². The van der Waals surface area contributed by atoms with Crippen molar-refractivity contribution in [2.45, 2.75) is 39.5 Å². The predicted molar refractivity (Wildman–Crippen MR) is 63.8 cm³/mol. The summed E-state index contributed by atoms with van der Waals surface area (Å²) in [6.07, 6.45) is 5.79. The van der Waals surface area contributed by atoms with Crippen molar-refractivity contribution in [3.8, 4) is 0 Å². The van der Waals surface area contributed by atoms with Crippen LogP contribution in [0.3, 0.4) is 0 Å². The highest BCUT2D eigenvalue weighted by atomic mass is 35.5. The van der Waals surface area contributed by atoms with Crippen molar-refractivity contribution >= 4 is 19.0 Å². The molecule has 0 amide bonds.